The van der Waals surface area contributed by atoms with Crippen molar-refractivity contribution in [2.75, 3.05) is 9.80 Å². The lowest BCUT2D eigenvalue weighted by molar-refractivity contribution is -0.144. The molecule has 1 aliphatic heterocycles. The maximum absolute atomic E-state index is 13.9. The third kappa shape index (κ3) is 6.87. The lowest BCUT2D eigenvalue weighted by Gasteiger charge is -2.26. The van der Waals surface area contributed by atoms with Crippen LogP contribution in [0.25, 0.3) is 0 Å². The lowest BCUT2D eigenvalue weighted by atomic mass is 10.0. The summed E-state index contributed by atoms with van der Waals surface area (Å²) in [7, 11) is 0. The molecule has 0 aliphatic carbocycles. The van der Waals surface area contributed by atoms with Crippen molar-refractivity contribution >= 4 is 56.9 Å². The van der Waals surface area contributed by atoms with Crippen LogP contribution in [0.3, 0.4) is 0 Å². The van der Waals surface area contributed by atoms with Gasteiger partial charge in [-0.15, -0.1) is 0 Å². The zero-order valence-electron chi connectivity index (χ0n) is 22.4. The molecule has 10 heteroatoms. The Labute approximate surface area is 240 Å². The summed E-state index contributed by atoms with van der Waals surface area (Å²) >= 11 is 3.41. The number of aliphatic carboxylic acids is 1. The van der Waals surface area contributed by atoms with Crippen LogP contribution in [-0.2, 0) is 32.2 Å². The van der Waals surface area contributed by atoms with Crippen molar-refractivity contribution in [1.82, 2.24) is 5.32 Å². The highest BCUT2D eigenvalue weighted by molar-refractivity contribution is 9.10. The highest BCUT2D eigenvalue weighted by atomic mass is 79.9. The number of carbonyl (C=O) groups is 4. The fourth-order valence-electron chi connectivity index (χ4n) is 4.37. The number of nitrogens with one attached hydrogen (secondary N) is 1. The number of fused-ring (bicyclic) bond motifs is 1. The van der Waals surface area contributed by atoms with Crippen molar-refractivity contribution in [1.29, 1.82) is 0 Å². The van der Waals surface area contributed by atoms with Crippen LogP contribution in [-0.4, -0.2) is 34.6 Å². The molecule has 0 bridgehead atoms. The van der Waals surface area contributed by atoms with Gasteiger partial charge in [0, 0.05) is 16.7 Å². The first kappa shape index (κ1) is 28.8. The van der Waals surface area contributed by atoms with Gasteiger partial charge in [-0.2, -0.15) is 0 Å². The number of halogens is 1. The predicted molar refractivity (Wildman–Crippen MR) is 154 cm³/mol. The van der Waals surface area contributed by atoms with Gasteiger partial charge >= 0.3 is 12.1 Å². The first-order valence-corrected chi connectivity index (χ1v) is 13.5. The second-order valence-corrected chi connectivity index (χ2v) is 11.3. The summed E-state index contributed by atoms with van der Waals surface area (Å²) in [4.78, 5) is 54.3. The van der Waals surface area contributed by atoms with E-state index in [4.69, 9.17) is 4.74 Å². The number of rotatable bonds is 7. The van der Waals surface area contributed by atoms with Crippen LogP contribution in [0.5, 0.6) is 0 Å². The number of alkyl carbamates (subject to hydrolysis) is 1. The number of hydrogen-bond donors (Lipinski definition) is 2. The van der Waals surface area contributed by atoms with Crippen molar-refractivity contribution in [2.45, 2.75) is 45.9 Å². The molecule has 4 rings (SSSR count). The van der Waals surface area contributed by atoms with Crippen LogP contribution < -0.4 is 15.1 Å². The molecule has 0 fully saturated rings. The van der Waals surface area contributed by atoms with Gasteiger partial charge in [0.05, 0.1) is 24.3 Å². The van der Waals surface area contributed by atoms with Gasteiger partial charge in [-0.25, -0.2) is 4.79 Å². The summed E-state index contributed by atoms with van der Waals surface area (Å²) in [5.74, 6) is -3.88. The Bertz CT molecular complexity index is 1420. The minimum Gasteiger partial charge on any atom is -0.481 e. The Morgan fingerprint density at radius 3 is 2.10 bits per heavy atom. The van der Waals surface area contributed by atoms with E-state index in [1.165, 1.54) is 9.80 Å². The van der Waals surface area contributed by atoms with E-state index in [0.717, 1.165) is 15.6 Å². The molecular weight excluding hydrogens is 578 g/mol. The Hall–Kier alpha value is -4.18. The van der Waals surface area contributed by atoms with Crippen molar-refractivity contribution in [2.24, 2.45) is 5.92 Å². The second-order valence-electron chi connectivity index (χ2n) is 10.4. The number of nitrogens with zero attached hydrogens (tertiary/aromatic N) is 2. The van der Waals surface area contributed by atoms with Crippen LogP contribution in [0.1, 0.15) is 38.3 Å². The van der Waals surface area contributed by atoms with E-state index in [0.29, 0.717) is 17.1 Å². The monoisotopic (exact) mass is 607 g/mol. The number of carbonyl (C=O) groups excluding carboxylic acids is 3. The van der Waals surface area contributed by atoms with Crippen LogP contribution in [0.2, 0.25) is 0 Å². The number of amides is 3. The molecule has 9 nitrogen and oxygen atoms in total. The quantitative estimate of drug-likeness (QED) is 0.329. The Kier molecular flexibility index (Phi) is 8.58. The van der Waals surface area contributed by atoms with Crippen molar-refractivity contribution in [3.8, 4) is 0 Å². The van der Waals surface area contributed by atoms with Gasteiger partial charge in [0.1, 0.15) is 11.5 Å². The van der Waals surface area contributed by atoms with Crippen LogP contribution in [0.15, 0.2) is 77.3 Å². The molecule has 1 aliphatic rings. The van der Waals surface area contributed by atoms with E-state index < -0.39 is 41.8 Å². The van der Waals surface area contributed by atoms with Crippen LogP contribution in [0.4, 0.5) is 21.9 Å². The minimum absolute atomic E-state index is 0.162. The van der Waals surface area contributed by atoms with Gasteiger partial charge in [0.15, 0.2) is 0 Å². The number of carboxylic acid groups (broad SMARTS) is 1. The van der Waals surface area contributed by atoms with Crippen LogP contribution >= 0.6 is 15.9 Å². The molecule has 0 saturated carbocycles. The summed E-state index contributed by atoms with van der Waals surface area (Å²) in [6.07, 6.45) is -1.19. The van der Waals surface area contributed by atoms with Gasteiger partial charge in [0.25, 0.3) is 0 Å². The molecule has 3 aromatic rings. The first-order valence-electron chi connectivity index (χ1n) is 12.7. The molecule has 208 valence electrons. The third-order valence-electron chi connectivity index (χ3n) is 6.16. The lowest BCUT2D eigenvalue weighted by Crippen LogP contribution is -2.41. The molecule has 1 atom stereocenters. The van der Waals surface area contributed by atoms with E-state index in [1.807, 2.05) is 24.3 Å². The maximum atomic E-state index is 13.9. The highest BCUT2D eigenvalue weighted by Crippen LogP contribution is 2.40. The van der Waals surface area contributed by atoms with Crippen molar-refractivity contribution < 1.29 is 29.0 Å². The molecule has 1 heterocycles. The summed E-state index contributed by atoms with van der Waals surface area (Å²) < 4.78 is 6.15. The summed E-state index contributed by atoms with van der Waals surface area (Å²) in [6, 6.07) is 21.4. The average molecular weight is 608 g/mol. The van der Waals surface area contributed by atoms with Gasteiger partial charge in [0.2, 0.25) is 11.8 Å². The average Bonchev–Trinajstić information content (AvgIpc) is 2.97. The van der Waals surface area contributed by atoms with E-state index in [-0.39, 0.29) is 13.1 Å². The smallest absolute Gasteiger partial charge is 0.407 e. The van der Waals surface area contributed by atoms with Gasteiger partial charge in [-0.1, -0.05) is 52.3 Å². The predicted octanol–water partition coefficient (Wildman–Crippen LogP) is 5.78. The Balaban J connectivity index is 1.69. The third-order valence-corrected chi connectivity index (χ3v) is 6.69. The molecule has 0 saturated heterocycles. The van der Waals surface area contributed by atoms with E-state index in [9.17, 15) is 24.3 Å². The highest BCUT2D eigenvalue weighted by Gasteiger charge is 2.42. The zero-order valence-corrected chi connectivity index (χ0v) is 24.0. The number of benzene rings is 3. The second kappa shape index (κ2) is 11.9. The first-order chi connectivity index (χ1) is 18.9. The maximum Gasteiger partial charge on any atom is 0.407 e. The summed E-state index contributed by atoms with van der Waals surface area (Å²) in [6.45, 7) is 5.70. The molecule has 0 spiro atoms. The van der Waals surface area contributed by atoms with E-state index >= 15 is 0 Å². The Morgan fingerprint density at radius 1 is 0.900 bits per heavy atom. The number of carboxylic acids is 1. The number of ether oxygens (including phenoxy) is 1. The fourth-order valence-corrected chi connectivity index (χ4v) is 4.64. The molecule has 1 unspecified atom stereocenters. The summed E-state index contributed by atoms with van der Waals surface area (Å²) in [5, 5.41) is 12.3. The standard InChI is InChI=1S/C30H30BrN3O6/c1-30(2,3)40-29(39)32-17-19-10-14-22(15-11-19)34-25-7-5-4-6-24(25)33(18-20-8-12-21(31)13-9-20)27(37)23(28(34)38)16-26(35)36/h4-15,23H,16-18H2,1-3H3,(H,32,39)(H,35,36). The molecular formula is C30H30BrN3O6. The summed E-state index contributed by atoms with van der Waals surface area (Å²) in [5.41, 5.74) is 2.39. The van der Waals surface area contributed by atoms with Crippen molar-refractivity contribution in [3.63, 3.8) is 0 Å². The van der Waals surface area contributed by atoms with E-state index in [2.05, 4.69) is 21.2 Å². The largest absolute Gasteiger partial charge is 0.481 e. The molecule has 3 aromatic carbocycles. The molecule has 40 heavy (non-hydrogen) atoms. The zero-order chi connectivity index (χ0) is 29.0. The van der Waals surface area contributed by atoms with Gasteiger partial charge < -0.3 is 20.1 Å². The molecule has 2 N–H and O–H groups in total. The number of anilines is 3. The van der Waals surface area contributed by atoms with Crippen molar-refractivity contribution in [3.05, 3.63) is 88.4 Å². The molecule has 3 amide bonds. The number of hydrogen-bond acceptors (Lipinski definition) is 5. The minimum atomic E-state index is -1.42. The van der Waals surface area contributed by atoms with Gasteiger partial charge in [-0.05, 0) is 68.3 Å². The SMILES string of the molecule is CC(C)(C)OC(=O)NCc1ccc(N2C(=O)C(CC(=O)O)C(=O)N(Cc3ccc(Br)cc3)c3ccccc32)cc1. The molecule has 0 aromatic heterocycles. The topological polar surface area (TPSA) is 116 Å². The fraction of sp³-hybridized carbons (Fsp3) is 0.267. The normalized spacial score (nSPS) is 15.3. The van der Waals surface area contributed by atoms with Gasteiger partial charge in [-0.3, -0.25) is 19.3 Å². The number of para-hydroxylation sites is 2. The van der Waals surface area contributed by atoms with E-state index in [1.54, 1.807) is 69.3 Å². The molecule has 0 radical (unpaired) electrons. The Morgan fingerprint density at radius 2 is 1.50 bits per heavy atom. The van der Waals surface area contributed by atoms with Crippen LogP contribution in [0, 0.1) is 5.92 Å².